The number of hydrogen-bond donors (Lipinski definition) is 0. The Balaban J connectivity index is 1.38. The third kappa shape index (κ3) is 5.56. The van der Waals surface area contributed by atoms with Crippen LogP contribution in [0.3, 0.4) is 0 Å². The van der Waals surface area contributed by atoms with Crippen molar-refractivity contribution in [2.75, 3.05) is 20.3 Å². The van der Waals surface area contributed by atoms with Crippen molar-refractivity contribution in [3.8, 4) is 0 Å². The second kappa shape index (κ2) is 10.7. The van der Waals surface area contributed by atoms with Gasteiger partial charge in [0, 0.05) is 13.0 Å². The Morgan fingerprint density at radius 3 is 2.43 bits per heavy atom. The molecule has 0 aromatic carbocycles. The average Bonchev–Trinajstić information content (AvgIpc) is 2.74. The van der Waals surface area contributed by atoms with Crippen molar-refractivity contribution < 1.29 is 23.0 Å². The van der Waals surface area contributed by atoms with E-state index in [4.69, 9.17) is 14.2 Å². The van der Waals surface area contributed by atoms with Crippen LogP contribution in [0.2, 0.25) is 0 Å². The molecule has 0 N–H and O–H groups in total. The predicted molar refractivity (Wildman–Crippen MR) is 106 cm³/mol. The fourth-order valence-electron chi connectivity index (χ4n) is 4.85. The van der Waals surface area contributed by atoms with Crippen molar-refractivity contribution in [3.05, 3.63) is 23.0 Å². The zero-order valence-corrected chi connectivity index (χ0v) is 17.5. The molecule has 0 amide bonds. The summed E-state index contributed by atoms with van der Waals surface area (Å²) in [4.78, 5) is 0. The van der Waals surface area contributed by atoms with E-state index in [2.05, 4.69) is 6.92 Å². The molecule has 1 aliphatic heterocycles. The van der Waals surface area contributed by atoms with E-state index >= 15 is 0 Å². The second-order valence-corrected chi connectivity index (χ2v) is 8.66. The van der Waals surface area contributed by atoms with Gasteiger partial charge in [0.25, 0.3) is 0 Å². The van der Waals surface area contributed by atoms with E-state index in [1.54, 1.807) is 0 Å². The molecule has 1 saturated carbocycles. The molecule has 3 nitrogen and oxygen atoms in total. The van der Waals surface area contributed by atoms with Crippen LogP contribution in [0.25, 0.3) is 0 Å². The van der Waals surface area contributed by atoms with Gasteiger partial charge < -0.3 is 14.2 Å². The number of ether oxygens (including phenoxy) is 3. The smallest absolute Gasteiger partial charge is 0.196 e. The summed E-state index contributed by atoms with van der Waals surface area (Å²) in [6.07, 6.45) is 12.0. The summed E-state index contributed by atoms with van der Waals surface area (Å²) in [5.74, 6) is -0.163. The number of hydrogen-bond acceptors (Lipinski definition) is 3. The van der Waals surface area contributed by atoms with Crippen LogP contribution in [0.1, 0.15) is 77.6 Å². The monoisotopic (exact) mass is 398 g/mol. The molecular weight excluding hydrogens is 362 g/mol. The van der Waals surface area contributed by atoms with E-state index in [9.17, 15) is 8.78 Å². The van der Waals surface area contributed by atoms with Gasteiger partial charge in [-0.3, -0.25) is 0 Å². The molecule has 2 aliphatic carbocycles. The summed E-state index contributed by atoms with van der Waals surface area (Å²) < 4.78 is 45.0. The fraction of sp³-hybridized carbons (Fsp3) is 0.826. The minimum atomic E-state index is -0.859. The van der Waals surface area contributed by atoms with Gasteiger partial charge in [-0.15, -0.1) is 0 Å². The van der Waals surface area contributed by atoms with Crippen molar-refractivity contribution in [1.29, 1.82) is 0 Å². The molecule has 2 unspecified atom stereocenters. The Kier molecular flexibility index (Phi) is 8.34. The minimum Gasteiger partial charge on any atom is -0.498 e. The zero-order chi connectivity index (χ0) is 19.9. The maximum Gasteiger partial charge on any atom is 0.196 e. The quantitative estimate of drug-likeness (QED) is 0.474. The lowest BCUT2D eigenvalue weighted by atomic mass is 9.80. The first-order valence-corrected chi connectivity index (χ1v) is 11.2. The van der Waals surface area contributed by atoms with Crippen molar-refractivity contribution >= 4 is 0 Å². The first-order valence-electron chi connectivity index (χ1n) is 11.2. The average molecular weight is 399 g/mol. The van der Waals surface area contributed by atoms with E-state index in [0.717, 1.165) is 38.2 Å². The van der Waals surface area contributed by atoms with E-state index in [-0.39, 0.29) is 18.5 Å². The van der Waals surface area contributed by atoms with Gasteiger partial charge in [0.1, 0.15) is 5.76 Å². The number of unbranched alkanes of at least 4 members (excludes halogenated alkanes) is 1. The molecule has 0 spiro atoms. The van der Waals surface area contributed by atoms with Crippen LogP contribution in [-0.4, -0.2) is 32.5 Å². The van der Waals surface area contributed by atoms with Crippen LogP contribution < -0.4 is 0 Å². The van der Waals surface area contributed by atoms with Gasteiger partial charge in [0.15, 0.2) is 11.7 Å². The topological polar surface area (TPSA) is 27.7 Å². The number of rotatable bonds is 8. The molecule has 3 rings (SSSR count). The fourth-order valence-corrected chi connectivity index (χ4v) is 4.85. The van der Waals surface area contributed by atoms with Crippen LogP contribution in [0.15, 0.2) is 23.0 Å². The third-order valence-corrected chi connectivity index (χ3v) is 6.76. The van der Waals surface area contributed by atoms with Crippen molar-refractivity contribution in [2.45, 2.75) is 89.8 Å². The Labute approximate surface area is 168 Å². The molecule has 160 valence electrons. The Hall–Kier alpha value is -0.940. The highest BCUT2D eigenvalue weighted by atomic mass is 19.2. The van der Waals surface area contributed by atoms with Crippen molar-refractivity contribution in [3.63, 3.8) is 0 Å². The van der Waals surface area contributed by atoms with Gasteiger partial charge in [0.2, 0.25) is 0 Å². The van der Waals surface area contributed by atoms with Crippen LogP contribution >= 0.6 is 0 Å². The molecule has 5 heteroatoms. The highest BCUT2D eigenvalue weighted by Gasteiger charge is 2.32. The SMILES string of the molecule is CCCCC1CCC(C2CCC(OCC3=C(F)C(F)=C(OC)CC3)CC2)OC1. The predicted octanol–water partition coefficient (Wildman–Crippen LogP) is 6.39. The summed E-state index contributed by atoms with van der Waals surface area (Å²) in [5.41, 5.74) is 0.425. The van der Waals surface area contributed by atoms with E-state index in [0.29, 0.717) is 30.4 Å². The molecule has 2 fully saturated rings. The van der Waals surface area contributed by atoms with E-state index in [1.165, 1.54) is 39.2 Å². The number of allylic oxidation sites excluding steroid dienone is 3. The number of halogens is 2. The van der Waals surface area contributed by atoms with Gasteiger partial charge >= 0.3 is 0 Å². The van der Waals surface area contributed by atoms with Crippen LogP contribution in [0.4, 0.5) is 8.78 Å². The molecular formula is C23H36F2O3. The summed E-state index contributed by atoms with van der Waals surface area (Å²) >= 11 is 0. The van der Waals surface area contributed by atoms with E-state index in [1.807, 2.05) is 0 Å². The molecule has 1 saturated heterocycles. The number of methoxy groups -OCH3 is 1. The lowest BCUT2D eigenvalue weighted by Crippen LogP contribution is -2.35. The molecule has 28 heavy (non-hydrogen) atoms. The Morgan fingerprint density at radius 1 is 1.00 bits per heavy atom. The molecule has 1 heterocycles. The largest absolute Gasteiger partial charge is 0.498 e. The maximum absolute atomic E-state index is 14.1. The summed E-state index contributed by atoms with van der Waals surface area (Å²) in [6.45, 7) is 3.36. The first-order chi connectivity index (χ1) is 13.6. The van der Waals surface area contributed by atoms with Gasteiger partial charge in [-0.25, -0.2) is 8.78 Å². The summed E-state index contributed by atoms with van der Waals surface area (Å²) in [6, 6.07) is 0. The third-order valence-electron chi connectivity index (χ3n) is 6.76. The second-order valence-electron chi connectivity index (χ2n) is 8.66. The van der Waals surface area contributed by atoms with Gasteiger partial charge in [0.05, 0.1) is 25.9 Å². The highest BCUT2D eigenvalue weighted by molar-refractivity contribution is 5.32. The van der Waals surface area contributed by atoms with Crippen molar-refractivity contribution in [2.24, 2.45) is 11.8 Å². The highest BCUT2D eigenvalue weighted by Crippen LogP contribution is 2.37. The normalized spacial score (nSPS) is 32.0. The lowest BCUT2D eigenvalue weighted by Gasteiger charge is -2.38. The maximum atomic E-state index is 14.1. The van der Waals surface area contributed by atoms with Gasteiger partial charge in [-0.05, 0) is 68.8 Å². The molecule has 0 bridgehead atoms. The molecule has 0 aromatic rings. The Morgan fingerprint density at radius 2 is 1.79 bits per heavy atom. The lowest BCUT2D eigenvalue weighted by molar-refractivity contribution is -0.0696. The van der Waals surface area contributed by atoms with Crippen molar-refractivity contribution in [1.82, 2.24) is 0 Å². The Bertz CT molecular complexity index is 556. The van der Waals surface area contributed by atoms with Gasteiger partial charge in [-0.1, -0.05) is 19.8 Å². The molecule has 3 aliphatic rings. The molecule has 0 radical (unpaired) electrons. The standard InChI is InChI=1S/C23H36F2O3/c1-3-4-5-16-6-12-20(28-14-16)17-7-10-19(11-8-17)27-15-18-9-13-21(26-2)23(25)22(18)24/h16-17,19-20H,3-15H2,1-2H3. The van der Waals surface area contributed by atoms with Crippen LogP contribution in [-0.2, 0) is 14.2 Å². The van der Waals surface area contributed by atoms with Crippen LogP contribution in [0, 0.1) is 11.8 Å². The zero-order valence-electron chi connectivity index (χ0n) is 17.5. The van der Waals surface area contributed by atoms with Gasteiger partial charge in [-0.2, -0.15) is 0 Å². The molecule has 0 aromatic heterocycles. The molecule has 2 atom stereocenters. The minimum absolute atomic E-state index is 0.103. The summed E-state index contributed by atoms with van der Waals surface area (Å²) in [7, 11) is 1.38. The summed E-state index contributed by atoms with van der Waals surface area (Å²) in [5, 5.41) is 0. The van der Waals surface area contributed by atoms with E-state index < -0.39 is 11.7 Å². The van der Waals surface area contributed by atoms with Crippen LogP contribution in [0.5, 0.6) is 0 Å². The first kappa shape index (κ1) is 21.8.